The molecular weight excluding hydrogens is 571 g/mol. The Balaban J connectivity index is 1.78. The predicted octanol–water partition coefficient (Wildman–Crippen LogP) is 5.51. The van der Waals surface area contributed by atoms with Crippen molar-refractivity contribution in [2.45, 2.75) is 20.1 Å². The monoisotopic (exact) mass is 598 g/mol. The van der Waals surface area contributed by atoms with Crippen LogP contribution in [0.2, 0.25) is 0 Å². The summed E-state index contributed by atoms with van der Waals surface area (Å²) in [7, 11) is 3.12. The average Bonchev–Trinajstić information content (AvgIpc) is 2.90. The maximum atomic E-state index is 12.8. The van der Waals surface area contributed by atoms with Crippen LogP contribution in [-0.2, 0) is 17.9 Å². The summed E-state index contributed by atoms with van der Waals surface area (Å²) in [5, 5.41) is 12.4. The number of halogens is 1. The van der Waals surface area contributed by atoms with Crippen LogP contribution in [0.25, 0.3) is 6.08 Å². The third kappa shape index (κ3) is 7.15. The van der Waals surface area contributed by atoms with Crippen molar-refractivity contribution in [2.75, 3.05) is 20.8 Å². The molecule has 186 valence electrons. The van der Waals surface area contributed by atoms with E-state index in [0.717, 1.165) is 14.7 Å². The molecule has 3 aromatic carbocycles. The third-order valence-corrected chi connectivity index (χ3v) is 5.97. The molecule has 7 nitrogen and oxygen atoms in total. The molecule has 0 radical (unpaired) electrons. The molecule has 0 saturated heterocycles. The van der Waals surface area contributed by atoms with Crippen LogP contribution in [0.1, 0.15) is 23.6 Å². The summed E-state index contributed by atoms with van der Waals surface area (Å²) in [5.74, 6) is 1.91. The molecule has 0 fully saturated rings. The van der Waals surface area contributed by atoms with Gasteiger partial charge < -0.3 is 24.3 Å². The molecule has 1 amide bonds. The van der Waals surface area contributed by atoms with Gasteiger partial charge in [0.15, 0.2) is 11.5 Å². The molecule has 0 atom stereocenters. The molecule has 0 aliphatic carbocycles. The van der Waals surface area contributed by atoms with Gasteiger partial charge in [0, 0.05) is 18.2 Å². The summed E-state index contributed by atoms with van der Waals surface area (Å²) >= 11 is 2.17. The van der Waals surface area contributed by atoms with Crippen molar-refractivity contribution >= 4 is 34.6 Å². The fourth-order valence-electron chi connectivity index (χ4n) is 3.39. The summed E-state index contributed by atoms with van der Waals surface area (Å²) in [4.78, 5) is 12.8. The van der Waals surface area contributed by atoms with Gasteiger partial charge in [-0.25, -0.2) is 0 Å². The highest BCUT2D eigenvalue weighted by Gasteiger charge is 2.15. The number of methoxy groups -OCH3 is 2. The second-order valence-electron chi connectivity index (χ2n) is 7.57. The fraction of sp³-hybridized carbons (Fsp3) is 0.214. The Morgan fingerprint density at radius 2 is 1.81 bits per heavy atom. The van der Waals surface area contributed by atoms with Crippen molar-refractivity contribution in [3.05, 3.63) is 86.5 Å². The van der Waals surface area contributed by atoms with Gasteiger partial charge in [0.2, 0.25) is 0 Å². The standard InChI is InChI=1S/C28H27IN2O5/c1-4-35-26-14-20(13-24(29)27(26)36-18-19-8-6-5-7-9-19)12-22(16-30)28(32)31-17-21-10-11-23(33-2)15-25(21)34-3/h5-15H,4,17-18H2,1-3H3,(H,31,32)/b22-12+. The minimum absolute atomic E-state index is 0.0290. The number of rotatable bonds is 11. The van der Waals surface area contributed by atoms with Crippen LogP contribution in [0.15, 0.2) is 66.2 Å². The summed E-state index contributed by atoms with van der Waals surface area (Å²) in [6.45, 7) is 2.92. The van der Waals surface area contributed by atoms with E-state index in [9.17, 15) is 10.1 Å². The molecule has 0 unspecified atom stereocenters. The lowest BCUT2D eigenvalue weighted by Crippen LogP contribution is -2.24. The van der Waals surface area contributed by atoms with Crippen molar-refractivity contribution in [1.82, 2.24) is 5.32 Å². The van der Waals surface area contributed by atoms with Crippen LogP contribution in [0, 0.1) is 14.9 Å². The van der Waals surface area contributed by atoms with Gasteiger partial charge in [0.1, 0.15) is 29.7 Å². The fourth-order valence-corrected chi connectivity index (χ4v) is 4.17. The van der Waals surface area contributed by atoms with Crippen molar-refractivity contribution in [2.24, 2.45) is 0 Å². The topological polar surface area (TPSA) is 89.8 Å². The van der Waals surface area contributed by atoms with Crippen LogP contribution >= 0.6 is 22.6 Å². The Hall–Kier alpha value is -3.71. The van der Waals surface area contributed by atoms with Gasteiger partial charge in [-0.2, -0.15) is 5.26 Å². The molecule has 8 heteroatoms. The van der Waals surface area contributed by atoms with E-state index < -0.39 is 5.91 Å². The minimum atomic E-state index is -0.493. The highest BCUT2D eigenvalue weighted by atomic mass is 127. The highest BCUT2D eigenvalue weighted by molar-refractivity contribution is 14.1. The highest BCUT2D eigenvalue weighted by Crippen LogP contribution is 2.35. The van der Waals surface area contributed by atoms with Crippen molar-refractivity contribution in [3.63, 3.8) is 0 Å². The van der Waals surface area contributed by atoms with E-state index in [-0.39, 0.29) is 12.1 Å². The molecular formula is C28H27IN2O5. The summed E-state index contributed by atoms with van der Waals surface area (Å²) in [6, 6.07) is 20.8. The van der Waals surface area contributed by atoms with Crippen LogP contribution < -0.4 is 24.3 Å². The molecule has 0 aliphatic heterocycles. The summed E-state index contributed by atoms with van der Waals surface area (Å²) in [5.41, 5.74) is 2.43. The van der Waals surface area contributed by atoms with Gasteiger partial charge in [-0.1, -0.05) is 30.3 Å². The van der Waals surface area contributed by atoms with Crippen molar-refractivity contribution in [3.8, 4) is 29.1 Å². The first-order chi connectivity index (χ1) is 17.5. The van der Waals surface area contributed by atoms with E-state index in [1.165, 1.54) is 6.08 Å². The van der Waals surface area contributed by atoms with Gasteiger partial charge in [-0.15, -0.1) is 0 Å². The molecule has 0 spiro atoms. The molecule has 36 heavy (non-hydrogen) atoms. The normalized spacial score (nSPS) is 10.8. The Labute approximate surface area is 224 Å². The molecule has 0 heterocycles. The van der Waals surface area contributed by atoms with Crippen molar-refractivity contribution in [1.29, 1.82) is 5.26 Å². The van der Waals surface area contributed by atoms with E-state index in [2.05, 4.69) is 27.9 Å². The molecule has 3 aromatic rings. The number of carbonyl (C=O) groups is 1. The number of ether oxygens (including phenoxy) is 4. The molecule has 0 saturated carbocycles. The van der Waals surface area contributed by atoms with E-state index in [0.29, 0.717) is 41.8 Å². The molecule has 0 aromatic heterocycles. The number of hydrogen-bond donors (Lipinski definition) is 1. The van der Waals surface area contributed by atoms with E-state index >= 15 is 0 Å². The number of carbonyl (C=O) groups excluding carboxylic acids is 1. The number of benzene rings is 3. The van der Waals surface area contributed by atoms with E-state index in [1.807, 2.05) is 49.4 Å². The van der Waals surface area contributed by atoms with Gasteiger partial charge >= 0.3 is 0 Å². The van der Waals surface area contributed by atoms with Crippen LogP contribution in [0.3, 0.4) is 0 Å². The van der Waals surface area contributed by atoms with Gasteiger partial charge in [0.25, 0.3) is 5.91 Å². The number of nitrogens with zero attached hydrogens (tertiary/aromatic N) is 1. The van der Waals surface area contributed by atoms with Crippen molar-refractivity contribution < 1.29 is 23.7 Å². The number of amides is 1. The molecule has 0 aliphatic rings. The number of nitriles is 1. The largest absolute Gasteiger partial charge is 0.497 e. The third-order valence-electron chi connectivity index (χ3n) is 5.17. The Morgan fingerprint density at radius 3 is 2.47 bits per heavy atom. The molecule has 1 N–H and O–H groups in total. The molecule has 0 bridgehead atoms. The van der Waals surface area contributed by atoms with Crippen LogP contribution in [-0.4, -0.2) is 26.7 Å². The lowest BCUT2D eigenvalue weighted by Gasteiger charge is -2.15. The first-order valence-corrected chi connectivity index (χ1v) is 12.3. The SMILES string of the molecule is CCOc1cc(/C=C(\C#N)C(=O)NCc2ccc(OC)cc2OC)cc(I)c1OCc1ccccc1. The van der Waals surface area contributed by atoms with Gasteiger partial charge in [-0.3, -0.25) is 4.79 Å². The molecule has 3 rings (SSSR count). The second kappa shape index (κ2) is 13.4. The minimum Gasteiger partial charge on any atom is -0.497 e. The first kappa shape index (κ1) is 26.9. The average molecular weight is 598 g/mol. The first-order valence-electron chi connectivity index (χ1n) is 11.2. The maximum Gasteiger partial charge on any atom is 0.262 e. The smallest absolute Gasteiger partial charge is 0.262 e. The predicted molar refractivity (Wildman–Crippen MR) is 146 cm³/mol. The Bertz CT molecular complexity index is 1270. The zero-order valence-corrected chi connectivity index (χ0v) is 22.5. The maximum absolute atomic E-state index is 12.8. The van der Waals surface area contributed by atoms with Gasteiger partial charge in [-0.05, 0) is 71.0 Å². The Kier molecular flexibility index (Phi) is 10.0. The zero-order chi connectivity index (χ0) is 25.9. The van der Waals surface area contributed by atoms with Crippen LogP contribution in [0.4, 0.5) is 0 Å². The van der Waals surface area contributed by atoms with E-state index in [1.54, 1.807) is 38.5 Å². The number of nitrogens with one attached hydrogen (secondary N) is 1. The summed E-state index contributed by atoms with van der Waals surface area (Å²) in [6.07, 6.45) is 1.53. The quantitative estimate of drug-likeness (QED) is 0.178. The summed E-state index contributed by atoms with van der Waals surface area (Å²) < 4.78 is 23.2. The zero-order valence-electron chi connectivity index (χ0n) is 20.3. The second-order valence-corrected chi connectivity index (χ2v) is 8.73. The lowest BCUT2D eigenvalue weighted by molar-refractivity contribution is -0.117. The number of hydrogen-bond acceptors (Lipinski definition) is 6. The van der Waals surface area contributed by atoms with E-state index in [4.69, 9.17) is 18.9 Å². The van der Waals surface area contributed by atoms with Gasteiger partial charge in [0.05, 0.1) is 24.4 Å². The lowest BCUT2D eigenvalue weighted by atomic mass is 10.1. The Morgan fingerprint density at radius 1 is 1.03 bits per heavy atom. The van der Waals surface area contributed by atoms with Crippen LogP contribution in [0.5, 0.6) is 23.0 Å².